The van der Waals surface area contributed by atoms with E-state index in [1.807, 2.05) is 39.0 Å². The lowest BCUT2D eigenvalue weighted by molar-refractivity contribution is -0.385. The number of carbonyl (C=O) groups excluding carboxylic acids is 1. The van der Waals surface area contributed by atoms with E-state index >= 15 is 0 Å². The van der Waals surface area contributed by atoms with Crippen molar-refractivity contribution < 1.29 is 19.2 Å². The van der Waals surface area contributed by atoms with Crippen LogP contribution in [0.25, 0.3) is 0 Å². The van der Waals surface area contributed by atoms with Crippen molar-refractivity contribution >= 4 is 11.6 Å². The van der Waals surface area contributed by atoms with E-state index in [4.69, 9.17) is 9.47 Å². The van der Waals surface area contributed by atoms with E-state index in [0.717, 1.165) is 11.1 Å². The maximum Gasteiger partial charge on any atom is 0.314 e. The molecule has 1 amide bonds. The van der Waals surface area contributed by atoms with Gasteiger partial charge >= 0.3 is 5.69 Å². The molecule has 1 N–H and O–H groups in total. The summed E-state index contributed by atoms with van der Waals surface area (Å²) in [6, 6.07) is 10.00. The average molecular weight is 358 g/mol. The van der Waals surface area contributed by atoms with Crippen LogP contribution in [0.1, 0.15) is 29.7 Å². The van der Waals surface area contributed by atoms with Gasteiger partial charge in [0.25, 0.3) is 5.91 Å². The number of nitrogens with one attached hydrogen (secondary N) is 1. The van der Waals surface area contributed by atoms with Gasteiger partial charge in [0.1, 0.15) is 5.75 Å². The largest absolute Gasteiger partial charge is 0.496 e. The van der Waals surface area contributed by atoms with Crippen LogP contribution < -0.4 is 14.8 Å². The van der Waals surface area contributed by atoms with E-state index in [1.54, 1.807) is 0 Å². The second-order valence-electron chi connectivity index (χ2n) is 6.01. The summed E-state index contributed by atoms with van der Waals surface area (Å²) in [5.74, 6) is 0.00231. The summed E-state index contributed by atoms with van der Waals surface area (Å²) in [5.41, 5.74) is 3.06. The zero-order valence-corrected chi connectivity index (χ0v) is 15.2. The van der Waals surface area contributed by atoms with Crippen molar-refractivity contribution in [2.45, 2.75) is 26.8 Å². The molecule has 0 saturated carbocycles. The lowest BCUT2D eigenvalue weighted by atomic mass is 10.0. The molecule has 2 aromatic rings. The van der Waals surface area contributed by atoms with E-state index in [2.05, 4.69) is 5.32 Å². The Labute approximate surface area is 152 Å². The molecule has 1 atom stereocenters. The number of methoxy groups -OCH3 is 1. The summed E-state index contributed by atoms with van der Waals surface area (Å²) in [6.45, 7) is 5.59. The highest BCUT2D eigenvalue weighted by Gasteiger charge is 2.18. The second kappa shape index (κ2) is 8.33. The molecule has 2 aromatic carbocycles. The zero-order chi connectivity index (χ0) is 19.3. The van der Waals surface area contributed by atoms with Crippen LogP contribution >= 0.6 is 0 Å². The van der Waals surface area contributed by atoms with Gasteiger partial charge in [0.2, 0.25) is 0 Å². The number of hydrogen-bond acceptors (Lipinski definition) is 5. The summed E-state index contributed by atoms with van der Waals surface area (Å²) >= 11 is 0. The Hall–Kier alpha value is -3.09. The van der Waals surface area contributed by atoms with E-state index in [1.165, 1.54) is 30.9 Å². The molecule has 0 aliphatic rings. The predicted molar refractivity (Wildman–Crippen MR) is 97.6 cm³/mol. The van der Waals surface area contributed by atoms with Crippen LogP contribution in [-0.2, 0) is 4.79 Å². The van der Waals surface area contributed by atoms with E-state index in [-0.39, 0.29) is 30.0 Å². The van der Waals surface area contributed by atoms with Gasteiger partial charge in [-0.2, -0.15) is 0 Å². The maximum absolute atomic E-state index is 12.1. The number of nitro benzene ring substituents is 1. The van der Waals surface area contributed by atoms with Crippen molar-refractivity contribution in [3.63, 3.8) is 0 Å². The number of ether oxygens (including phenoxy) is 2. The van der Waals surface area contributed by atoms with Crippen molar-refractivity contribution in [2.75, 3.05) is 13.7 Å². The minimum Gasteiger partial charge on any atom is -0.496 e. The summed E-state index contributed by atoms with van der Waals surface area (Å²) in [7, 11) is 1.42. The van der Waals surface area contributed by atoms with Crippen molar-refractivity contribution in [2.24, 2.45) is 0 Å². The molecule has 0 heterocycles. The third kappa shape index (κ3) is 4.72. The van der Waals surface area contributed by atoms with Crippen LogP contribution in [0, 0.1) is 24.0 Å². The first-order valence-electron chi connectivity index (χ1n) is 8.13. The van der Waals surface area contributed by atoms with Gasteiger partial charge in [0.05, 0.1) is 24.1 Å². The van der Waals surface area contributed by atoms with Crippen LogP contribution in [0.15, 0.2) is 36.4 Å². The van der Waals surface area contributed by atoms with Crippen LogP contribution in [-0.4, -0.2) is 24.5 Å². The summed E-state index contributed by atoms with van der Waals surface area (Å²) < 4.78 is 10.3. The Morgan fingerprint density at radius 3 is 2.54 bits per heavy atom. The van der Waals surface area contributed by atoms with Crippen molar-refractivity contribution in [1.29, 1.82) is 0 Å². The molecule has 1 unspecified atom stereocenters. The van der Waals surface area contributed by atoms with Gasteiger partial charge in [-0.25, -0.2) is 0 Å². The fraction of sp³-hybridized carbons (Fsp3) is 0.316. The minimum atomic E-state index is -0.576. The van der Waals surface area contributed by atoms with Crippen LogP contribution in [0.5, 0.6) is 11.5 Å². The molecule has 0 spiro atoms. The minimum absolute atomic E-state index is 0.0183. The molecule has 0 aliphatic heterocycles. The molecule has 7 nitrogen and oxygen atoms in total. The molecule has 0 aliphatic carbocycles. The number of hydrogen-bond donors (Lipinski definition) is 1. The number of benzene rings is 2. The van der Waals surface area contributed by atoms with E-state index < -0.39 is 4.92 Å². The Balaban J connectivity index is 2.00. The topological polar surface area (TPSA) is 90.7 Å². The predicted octanol–water partition coefficient (Wildman–Crippen LogP) is 3.48. The highest BCUT2D eigenvalue weighted by molar-refractivity contribution is 5.78. The van der Waals surface area contributed by atoms with Gasteiger partial charge in [-0.1, -0.05) is 18.2 Å². The highest BCUT2D eigenvalue weighted by Crippen LogP contribution is 2.31. The number of rotatable bonds is 7. The van der Waals surface area contributed by atoms with Crippen LogP contribution in [0.2, 0.25) is 0 Å². The molecule has 0 saturated heterocycles. The van der Waals surface area contributed by atoms with Gasteiger partial charge in [0.15, 0.2) is 12.4 Å². The third-order valence-electron chi connectivity index (χ3n) is 4.13. The van der Waals surface area contributed by atoms with Gasteiger partial charge in [-0.05, 0) is 49.6 Å². The molecule has 0 fully saturated rings. The number of nitrogens with zero attached hydrogens (tertiary/aromatic N) is 1. The number of amides is 1. The van der Waals surface area contributed by atoms with Crippen LogP contribution in [0.3, 0.4) is 0 Å². The number of nitro groups is 1. The monoisotopic (exact) mass is 358 g/mol. The first-order chi connectivity index (χ1) is 12.3. The first kappa shape index (κ1) is 19.2. The van der Waals surface area contributed by atoms with Gasteiger partial charge in [-0.3, -0.25) is 14.9 Å². The van der Waals surface area contributed by atoms with Crippen molar-refractivity contribution in [3.8, 4) is 11.5 Å². The molecule has 0 bridgehead atoms. The Bertz CT molecular complexity index is 820. The summed E-state index contributed by atoms with van der Waals surface area (Å²) in [5, 5.41) is 14.0. The lowest BCUT2D eigenvalue weighted by Gasteiger charge is -2.16. The third-order valence-corrected chi connectivity index (χ3v) is 4.13. The Morgan fingerprint density at radius 1 is 1.19 bits per heavy atom. The quantitative estimate of drug-likeness (QED) is 0.604. The smallest absolute Gasteiger partial charge is 0.314 e. The molecule has 2 rings (SSSR count). The zero-order valence-electron chi connectivity index (χ0n) is 15.2. The Morgan fingerprint density at radius 2 is 1.92 bits per heavy atom. The van der Waals surface area contributed by atoms with E-state index in [9.17, 15) is 14.9 Å². The normalized spacial score (nSPS) is 11.5. The fourth-order valence-corrected chi connectivity index (χ4v) is 2.43. The first-order valence-corrected chi connectivity index (χ1v) is 8.13. The van der Waals surface area contributed by atoms with E-state index in [0.29, 0.717) is 5.75 Å². The SMILES string of the molecule is COc1ccc(OCC(=O)NC(C)c2ccc(C)c(C)c2)c([N+](=O)[O-])c1. The van der Waals surface area contributed by atoms with Crippen molar-refractivity contribution in [1.82, 2.24) is 5.32 Å². The van der Waals surface area contributed by atoms with Gasteiger partial charge in [0, 0.05) is 0 Å². The molecule has 0 aromatic heterocycles. The van der Waals surface area contributed by atoms with Crippen molar-refractivity contribution in [3.05, 3.63) is 63.2 Å². The Kier molecular flexibility index (Phi) is 6.16. The molecule has 7 heteroatoms. The maximum atomic E-state index is 12.1. The average Bonchev–Trinajstić information content (AvgIpc) is 2.61. The van der Waals surface area contributed by atoms with Gasteiger partial charge < -0.3 is 14.8 Å². The summed E-state index contributed by atoms with van der Waals surface area (Å²) in [4.78, 5) is 22.7. The number of carbonyl (C=O) groups is 1. The van der Waals surface area contributed by atoms with Crippen LogP contribution in [0.4, 0.5) is 5.69 Å². The number of aryl methyl sites for hydroxylation is 2. The molecular weight excluding hydrogens is 336 g/mol. The second-order valence-corrected chi connectivity index (χ2v) is 6.01. The van der Waals surface area contributed by atoms with Gasteiger partial charge in [-0.15, -0.1) is 0 Å². The summed E-state index contributed by atoms with van der Waals surface area (Å²) in [6.07, 6.45) is 0. The standard InChI is InChI=1S/C19H22N2O5/c1-12-5-6-15(9-13(12)2)14(3)20-19(22)11-26-18-8-7-16(25-4)10-17(18)21(23)24/h5-10,14H,11H2,1-4H3,(H,20,22). The lowest BCUT2D eigenvalue weighted by Crippen LogP contribution is -2.31. The molecule has 26 heavy (non-hydrogen) atoms. The highest BCUT2D eigenvalue weighted by atomic mass is 16.6. The molecule has 0 radical (unpaired) electrons. The molecular formula is C19H22N2O5. The molecule has 138 valence electrons. The fourth-order valence-electron chi connectivity index (χ4n) is 2.43.